The van der Waals surface area contributed by atoms with Crippen molar-refractivity contribution in [2.24, 2.45) is 5.73 Å². The third kappa shape index (κ3) is 2.79. The van der Waals surface area contributed by atoms with Crippen molar-refractivity contribution in [1.82, 2.24) is 4.90 Å². The van der Waals surface area contributed by atoms with Gasteiger partial charge in [0.25, 0.3) is 5.91 Å². The van der Waals surface area contributed by atoms with Crippen molar-refractivity contribution >= 4 is 33.2 Å². The Hall–Kier alpha value is -0.390. The Kier molecular flexibility index (Phi) is 3.90. The molecule has 5 heteroatoms. The van der Waals surface area contributed by atoms with E-state index in [-0.39, 0.29) is 5.91 Å². The molecular formula is C8H11BrN2OS. The van der Waals surface area contributed by atoms with E-state index in [2.05, 4.69) is 15.9 Å². The molecule has 13 heavy (non-hydrogen) atoms. The highest BCUT2D eigenvalue weighted by molar-refractivity contribution is 9.11. The summed E-state index contributed by atoms with van der Waals surface area (Å²) < 4.78 is 0.969. The molecule has 3 nitrogen and oxygen atoms in total. The Morgan fingerprint density at radius 2 is 2.46 bits per heavy atom. The lowest BCUT2D eigenvalue weighted by molar-refractivity contribution is 0.0799. The summed E-state index contributed by atoms with van der Waals surface area (Å²) in [6.07, 6.45) is 0. The summed E-state index contributed by atoms with van der Waals surface area (Å²) in [4.78, 5) is 13.2. The average Bonchev–Trinajstić information content (AvgIpc) is 2.51. The van der Waals surface area contributed by atoms with Gasteiger partial charge in [0.05, 0.1) is 9.35 Å². The lowest BCUT2D eigenvalue weighted by atomic mass is 10.3. The van der Waals surface area contributed by atoms with Crippen LogP contribution in [0.4, 0.5) is 0 Å². The molecular weight excluding hydrogens is 252 g/mol. The molecule has 0 aliphatic rings. The third-order valence-corrected chi connectivity index (χ3v) is 3.13. The van der Waals surface area contributed by atoms with Crippen molar-refractivity contribution in [3.63, 3.8) is 0 Å². The molecule has 1 amide bonds. The van der Waals surface area contributed by atoms with Crippen LogP contribution in [0.3, 0.4) is 0 Å². The maximum absolute atomic E-state index is 11.6. The highest BCUT2D eigenvalue weighted by Gasteiger charge is 2.11. The van der Waals surface area contributed by atoms with Crippen molar-refractivity contribution in [3.05, 3.63) is 20.8 Å². The van der Waals surface area contributed by atoms with Crippen LogP contribution in [0, 0.1) is 0 Å². The summed E-state index contributed by atoms with van der Waals surface area (Å²) in [5.74, 6) is 0.0207. The number of carbonyl (C=O) groups excluding carboxylic acids is 1. The van der Waals surface area contributed by atoms with Gasteiger partial charge < -0.3 is 10.6 Å². The number of rotatable bonds is 3. The highest BCUT2D eigenvalue weighted by Crippen LogP contribution is 2.21. The normalized spacial score (nSPS) is 10.1. The van der Waals surface area contributed by atoms with Crippen LogP contribution >= 0.6 is 27.3 Å². The maximum atomic E-state index is 11.6. The van der Waals surface area contributed by atoms with Gasteiger partial charge in [0, 0.05) is 25.5 Å². The molecule has 0 radical (unpaired) electrons. The Morgan fingerprint density at radius 1 is 1.77 bits per heavy atom. The Bertz CT molecular complexity index is 300. The van der Waals surface area contributed by atoms with E-state index in [0.717, 1.165) is 3.79 Å². The maximum Gasteiger partial charge on any atom is 0.254 e. The summed E-state index contributed by atoms with van der Waals surface area (Å²) in [5.41, 5.74) is 6.07. The fraction of sp³-hybridized carbons (Fsp3) is 0.375. The molecule has 0 saturated heterocycles. The number of amides is 1. The van der Waals surface area contributed by atoms with E-state index in [1.54, 1.807) is 11.9 Å². The molecule has 0 atom stereocenters. The molecule has 0 fully saturated rings. The van der Waals surface area contributed by atoms with Gasteiger partial charge in [-0.2, -0.15) is 0 Å². The van der Waals surface area contributed by atoms with Gasteiger partial charge in [-0.3, -0.25) is 4.79 Å². The molecule has 1 aromatic heterocycles. The van der Waals surface area contributed by atoms with Crippen molar-refractivity contribution in [2.75, 3.05) is 20.1 Å². The van der Waals surface area contributed by atoms with Gasteiger partial charge in [0.1, 0.15) is 0 Å². The zero-order chi connectivity index (χ0) is 9.84. The topological polar surface area (TPSA) is 46.3 Å². The van der Waals surface area contributed by atoms with Crippen LogP contribution in [-0.4, -0.2) is 30.9 Å². The summed E-state index contributed by atoms with van der Waals surface area (Å²) in [5, 5.41) is 1.83. The number of hydrogen-bond donors (Lipinski definition) is 1. The van der Waals surface area contributed by atoms with Crippen LogP contribution in [0.5, 0.6) is 0 Å². The van der Waals surface area contributed by atoms with Crippen LogP contribution in [0.15, 0.2) is 15.2 Å². The Balaban J connectivity index is 2.67. The second-order valence-corrected chi connectivity index (χ2v) is 4.95. The van der Waals surface area contributed by atoms with E-state index in [0.29, 0.717) is 18.7 Å². The van der Waals surface area contributed by atoms with Gasteiger partial charge in [-0.1, -0.05) is 0 Å². The number of thiophene rings is 1. The predicted octanol–water partition coefficient (Wildman–Crippen LogP) is 1.54. The number of hydrogen-bond acceptors (Lipinski definition) is 3. The van der Waals surface area contributed by atoms with E-state index in [1.165, 1.54) is 11.3 Å². The smallest absolute Gasteiger partial charge is 0.254 e. The molecule has 0 unspecified atom stereocenters. The second-order valence-electron chi connectivity index (χ2n) is 2.65. The first-order valence-corrected chi connectivity index (χ1v) is 5.52. The van der Waals surface area contributed by atoms with Gasteiger partial charge in [0.2, 0.25) is 0 Å². The standard InChI is InChI=1S/C8H11BrN2OS/c1-11(3-2-10)8(12)6-4-7(9)13-5-6/h4-5H,2-3,10H2,1H3. The fourth-order valence-electron chi connectivity index (χ4n) is 0.938. The molecule has 0 saturated carbocycles. The van der Waals surface area contributed by atoms with Gasteiger partial charge >= 0.3 is 0 Å². The quantitative estimate of drug-likeness (QED) is 0.899. The van der Waals surface area contributed by atoms with Gasteiger partial charge in [0.15, 0.2) is 0 Å². The summed E-state index contributed by atoms with van der Waals surface area (Å²) in [6, 6.07) is 1.82. The minimum Gasteiger partial charge on any atom is -0.340 e. The lowest BCUT2D eigenvalue weighted by Gasteiger charge is -2.14. The monoisotopic (exact) mass is 262 g/mol. The number of nitrogens with two attached hydrogens (primary N) is 1. The van der Waals surface area contributed by atoms with E-state index in [4.69, 9.17) is 5.73 Å². The van der Waals surface area contributed by atoms with Gasteiger partial charge in [-0.25, -0.2) is 0 Å². The number of nitrogens with zero attached hydrogens (tertiary/aromatic N) is 1. The lowest BCUT2D eigenvalue weighted by Crippen LogP contribution is -2.31. The zero-order valence-corrected chi connectivity index (χ0v) is 9.69. The summed E-state index contributed by atoms with van der Waals surface area (Å²) in [7, 11) is 1.75. The minimum atomic E-state index is 0.0207. The fourth-order valence-corrected chi connectivity index (χ4v) is 2.07. The van der Waals surface area contributed by atoms with Gasteiger partial charge in [-0.15, -0.1) is 11.3 Å². The van der Waals surface area contributed by atoms with Crippen molar-refractivity contribution in [2.45, 2.75) is 0 Å². The van der Waals surface area contributed by atoms with E-state index < -0.39 is 0 Å². The third-order valence-electron chi connectivity index (χ3n) is 1.63. The van der Waals surface area contributed by atoms with Crippen LogP contribution < -0.4 is 5.73 Å². The highest BCUT2D eigenvalue weighted by atomic mass is 79.9. The molecule has 0 bridgehead atoms. The predicted molar refractivity (Wildman–Crippen MR) is 58.0 cm³/mol. The molecule has 0 aromatic carbocycles. The first-order chi connectivity index (χ1) is 6.15. The first kappa shape index (κ1) is 10.7. The molecule has 0 spiro atoms. The molecule has 0 aliphatic carbocycles. The van der Waals surface area contributed by atoms with E-state index in [1.807, 2.05) is 11.4 Å². The molecule has 0 aliphatic heterocycles. The summed E-state index contributed by atoms with van der Waals surface area (Å²) in [6.45, 7) is 1.08. The van der Waals surface area contributed by atoms with E-state index in [9.17, 15) is 4.79 Å². The summed E-state index contributed by atoms with van der Waals surface area (Å²) >= 11 is 4.82. The van der Waals surface area contributed by atoms with Gasteiger partial charge in [-0.05, 0) is 22.0 Å². The van der Waals surface area contributed by atoms with Crippen LogP contribution in [0.2, 0.25) is 0 Å². The molecule has 1 aromatic rings. The van der Waals surface area contributed by atoms with Crippen molar-refractivity contribution in [3.8, 4) is 0 Å². The Labute approximate surface area is 89.7 Å². The van der Waals surface area contributed by atoms with Crippen LogP contribution in [0.25, 0.3) is 0 Å². The number of likely N-dealkylation sites (N-methyl/N-ethyl adjacent to an activating group) is 1. The molecule has 72 valence electrons. The Morgan fingerprint density at radius 3 is 2.92 bits per heavy atom. The van der Waals surface area contributed by atoms with E-state index >= 15 is 0 Å². The van der Waals surface area contributed by atoms with Crippen LogP contribution in [-0.2, 0) is 0 Å². The molecule has 1 heterocycles. The second kappa shape index (κ2) is 4.74. The molecule has 2 N–H and O–H groups in total. The van der Waals surface area contributed by atoms with Crippen molar-refractivity contribution in [1.29, 1.82) is 0 Å². The zero-order valence-electron chi connectivity index (χ0n) is 7.29. The number of halogens is 1. The van der Waals surface area contributed by atoms with Crippen LogP contribution in [0.1, 0.15) is 10.4 Å². The first-order valence-electron chi connectivity index (χ1n) is 3.84. The number of carbonyl (C=O) groups is 1. The van der Waals surface area contributed by atoms with Crippen molar-refractivity contribution < 1.29 is 4.79 Å². The SMILES string of the molecule is CN(CCN)C(=O)c1csc(Br)c1. The average molecular weight is 263 g/mol. The largest absolute Gasteiger partial charge is 0.340 e. The molecule has 1 rings (SSSR count). The minimum absolute atomic E-state index is 0.0207.